The van der Waals surface area contributed by atoms with Crippen molar-refractivity contribution in [3.05, 3.63) is 0 Å². The van der Waals surface area contributed by atoms with Crippen molar-refractivity contribution in [2.75, 3.05) is 13.2 Å². The van der Waals surface area contributed by atoms with Crippen LogP contribution < -0.4 is 0 Å². The third kappa shape index (κ3) is 0.982. The molecule has 60 valence electrons. The van der Waals surface area contributed by atoms with Gasteiger partial charge in [0.25, 0.3) is 0 Å². The molecular weight excluding hydrogens is 148 g/mol. The van der Waals surface area contributed by atoms with Gasteiger partial charge in [-0.1, -0.05) is 0 Å². The molecule has 0 aromatic rings. The number of rotatable bonds is 0. The molecule has 0 N–H and O–H groups in total. The summed E-state index contributed by atoms with van der Waals surface area (Å²) >= 11 is 0. The molecule has 1 saturated heterocycles. The van der Waals surface area contributed by atoms with Crippen molar-refractivity contribution in [2.24, 2.45) is 5.41 Å². The van der Waals surface area contributed by atoms with E-state index in [0.717, 1.165) is 0 Å². The van der Waals surface area contributed by atoms with Gasteiger partial charge in [0, 0.05) is 12.8 Å². The standard InChI is InChI=1S/C7H8O4/c8-5-1-7(2-5)3-10-6(9)11-4-7/h1-4H2. The van der Waals surface area contributed by atoms with Crippen LogP contribution in [0.4, 0.5) is 4.79 Å². The molecule has 1 aliphatic carbocycles. The molecule has 1 aliphatic heterocycles. The van der Waals surface area contributed by atoms with Crippen LogP contribution in [-0.4, -0.2) is 25.2 Å². The number of ketones is 1. The predicted molar refractivity (Wildman–Crippen MR) is 34.0 cm³/mol. The largest absolute Gasteiger partial charge is 0.508 e. The van der Waals surface area contributed by atoms with E-state index in [-0.39, 0.29) is 11.2 Å². The molecule has 2 aliphatic rings. The van der Waals surface area contributed by atoms with Crippen LogP contribution in [0.5, 0.6) is 0 Å². The zero-order valence-electron chi connectivity index (χ0n) is 5.96. The summed E-state index contributed by atoms with van der Waals surface area (Å²) in [6, 6.07) is 0. The Hall–Kier alpha value is -1.06. The summed E-state index contributed by atoms with van der Waals surface area (Å²) in [6.45, 7) is 0.690. The van der Waals surface area contributed by atoms with Crippen LogP contribution in [0, 0.1) is 5.41 Å². The van der Waals surface area contributed by atoms with E-state index >= 15 is 0 Å². The van der Waals surface area contributed by atoms with Crippen molar-refractivity contribution in [2.45, 2.75) is 12.8 Å². The van der Waals surface area contributed by atoms with Crippen LogP contribution in [0.15, 0.2) is 0 Å². The van der Waals surface area contributed by atoms with Crippen LogP contribution >= 0.6 is 0 Å². The maximum atomic E-state index is 10.7. The molecule has 0 amide bonds. The smallest absolute Gasteiger partial charge is 0.434 e. The molecule has 2 fully saturated rings. The molecule has 0 unspecified atom stereocenters. The van der Waals surface area contributed by atoms with Gasteiger partial charge in [0.2, 0.25) is 0 Å². The molecule has 0 atom stereocenters. The summed E-state index contributed by atoms with van der Waals surface area (Å²) in [6.07, 6.45) is 0.385. The van der Waals surface area contributed by atoms with Crippen LogP contribution in [-0.2, 0) is 14.3 Å². The van der Waals surface area contributed by atoms with Gasteiger partial charge in [-0.2, -0.15) is 0 Å². The first kappa shape index (κ1) is 6.64. The molecule has 1 saturated carbocycles. The first-order valence-corrected chi connectivity index (χ1v) is 3.52. The maximum absolute atomic E-state index is 10.7. The van der Waals surface area contributed by atoms with Crippen molar-refractivity contribution in [3.8, 4) is 0 Å². The zero-order valence-corrected chi connectivity index (χ0v) is 5.96. The van der Waals surface area contributed by atoms with Gasteiger partial charge in [-0.3, -0.25) is 4.79 Å². The topological polar surface area (TPSA) is 52.6 Å². The van der Waals surface area contributed by atoms with Gasteiger partial charge in [-0.05, 0) is 0 Å². The fraction of sp³-hybridized carbons (Fsp3) is 0.714. The van der Waals surface area contributed by atoms with Gasteiger partial charge in [0.15, 0.2) is 0 Å². The van der Waals surface area contributed by atoms with Crippen LogP contribution in [0.2, 0.25) is 0 Å². The fourth-order valence-electron chi connectivity index (χ4n) is 1.50. The molecule has 0 bridgehead atoms. The van der Waals surface area contributed by atoms with Crippen LogP contribution in [0.25, 0.3) is 0 Å². The summed E-state index contributed by atoms with van der Waals surface area (Å²) in [7, 11) is 0. The normalized spacial score (nSPS) is 27.3. The van der Waals surface area contributed by atoms with Gasteiger partial charge in [0.1, 0.15) is 19.0 Å². The molecular formula is C7H8O4. The Morgan fingerprint density at radius 2 is 1.64 bits per heavy atom. The van der Waals surface area contributed by atoms with Gasteiger partial charge in [0.05, 0.1) is 5.41 Å². The van der Waals surface area contributed by atoms with Gasteiger partial charge < -0.3 is 9.47 Å². The highest BCUT2D eigenvalue weighted by atomic mass is 16.7. The number of cyclic esters (lactones) is 2. The third-order valence-electron chi connectivity index (χ3n) is 2.14. The van der Waals surface area contributed by atoms with E-state index < -0.39 is 6.16 Å². The molecule has 4 nitrogen and oxygen atoms in total. The van der Waals surface area contributed by atoms with Crippen molar-refractivity contribution in [3.63, 3.8) is 0 Å². The number of ether oxygens (including phenoxy) is 2. The van der Waals surface area contributed by atoms with E-state index in [2.05, 4.69) is 9.47 Å². The SMILES string of the molecule is O=C1CC2(COC(=O)OC2)C1. The zero-order chi connectivity index (χ0) is 7.90. The highest BCUT2D eigenvalue weighted by Gasteiger charge is 2.48. The van der Waals surface area contributed by atoms with Crippen molar-refractivity contribution >= 4 is 11.9 Å². The van der Waals surface area contributed by atoms with E-state index in [4.69, 9.17) is 0 Å². The average molecular weight is 156 g/mol. The van der Waals surface area contributed by atoms with Gasteiger partial charge >= 0.3 is 6.16 Å². The van der Waals surface area contributed by atoms with Crippen LogP contribution in [0.1, 0.15) is 12.8 Å². The molecule has 0 radical (unpaired) electrons. The molecule has 1 spiro atoms. The highest BCUT2D eigenvalue weighted by Crippen LogP contribution is 2.40. The Bertz CT molecular complexity index is 200. The second-order valence-electron chi connectivity index (χ2n) is 3.22. The summed E-state index contributed by atoms with van der Waals surface area (Å²) in [5, 5.41) is 0. The van der Waals surface area contributed by atoms with Crippen molar-refractivity contribution in [1.82, 2.24) is 0 Å². The van der Waals surface area contributed by atoms with Crippen molar-refractivity contribution < 1.29 is 19.1 Å². The summed E-state index contributed by atoms with van der Waals surface area (Å²) in [5.74, 6) is 0.228. The molecule has 0 aromatic heterocycles. The minimum atomic E-state index is -0.616. The Morgan fingerprint density at radius 3 is 2.09 bits per heavy atom. The first-order valence-electron chi connectivity index (χ1n) is 3.52. The number of Topliss-reactive ketones (excluding diaryl/α,β-unsaturated/α-hetero) is 1. The minimum Gasteiger partial charge on any atom is -0.434 e. The van der Waals surface area contributed by atoms with E-state index in [9.17, 15) is 9.59 Å². The first-order chi connectivity index (χ1) is 5.20. The summed E-state index contributed by atoms with van der Waals surface area (Å²) in [4.78, 5) is 21.1. The van der Waals surface area contributed by atoms with Crippen LogP contribution in [0.3, 0.4) is 0 Å². The lowest BCUT2D eigenvalue weighted by atomic mass is 9.69. The minimum absolute atomic E-state index is 0.162. The number of carbonyl (C=O) groups excluding carboxylic acids is 2. The Balaban J connectivity index is 1.97. The highest BCUT2D eigenvalue weighted by molar-refractivity contribution is 5.86. The number of carbonyl (C=O) groups is 2. The lowest BCUT2D eigenvalue weighted by Crippen LogP contribution is -2.49. The lowest BCUT2D eigenvalue weighted by Gasteiger charge is -2.41. The van der Waals surface area contributed by atoms with Gasteiger partial charge in [-0.15, -0.1) is 0 Å². The number of hydrogen-bond donors (Lipinski definition) is 0. The molecule has 1 heterocycles. The summed E-state index contributed by atoms with van der Waals surface area (Å²) < 4.78 is 9.34. The molecule has 0 aromatic carbocycles. The third-order valence-corrected chi connectivity index (χ3v) is 2.14. The van der Waals surface area contributed by atoms with E-state index in [0.29, 0.717) is 26.1 Å². The Kier molecular flexibility index (Phi) is 1.19. The van der Waals surface area contributed by atoms with E-state index in [1.54, 1.807) is 0 Å². The molecule has 4 heteroatoms. The molecule has 11 heavy (non-hydrogen) atoms. The lowest BCUT2D eigenvalue weighted by molar-refractivity contribution is -0.147. The average Bonchev–Trinajstić information content (AvgIpc) is 1.92. The monoisotopic (exact) mass is 156 g/mol. The van der Waals surface area contributed by atoms with E-state index in [1.807, 2.05) is 0 Å². The molecule has 2 rings (SSSR count). The second-order valence-corrected chi connectivity index (χ2v) is 3.22. The Labute approximate surface area is 63.5 Å². The fourth-order valence-corrected chi connectivity index (χ4v) is 1.50. The Morgan fingerprint density at radius 1 is 1.09 bits per heavy atom. The predicted octanol–water partition coefficient (Wildman–Crippen LogP) is 0.503. The van der Waals surface area contributed by atoms with Gasteiger partial charge in [-0.25, -0.2) is 4.79 Å². The van der Waals surface area contributed by atoms with Crippen molar-refractivity contribution in [1.29, 1.82) is 0 Å². The number of hydrogen-bond acceptors (Lipinski definition) is 4. The van der Waals surface area contributed by atoms with E-state index in [1.165, 1.54) is 0 Å². The maximum Gasteiger partial charge on any atom is 0.508 e. The quantitative estimate of drug-likeness (QED) is 0.479. The summed E-state index contributed by atoms with van der Waals surface area (Å²) in [5.41, 5.74) is -0.162. The second kappa shape index (κ2) is 1.96.